The van der Waals surface area contributed by atoms with Gasteiger partial charge in [-0.3, -0.25) is 9.69 Å². The molecule has 1 aliphatic heterocycles. The summed E-state index contributed by atoms with van der Waals surface area (Å²) in [7, 11) is 0. The zero-order valence-corrected chi connectivity index (χ0v) is 17.6. The van der Waals surface area contributed by atoms with Crippen molar-refractivity contribution < 1.29 is 13.6 Å². The summed E-state index contributed by atoms with van der Waals surface area (Å²) in [6, 6.07) is 28.6. The molecule has 4 aromatic rings. The number of rotatable bonds is 4. The summed E-state index contributed by atoms with van der Waals surface area (Å²) < 4.78 is 19.4. The highest BCUT2D eigenvalue weighted by atomic mass is 32.2. The predicted octanol–water partition coefficient (Wildman–Crippen LogP) is 6.89. The normalized spacial score (nSPS) is 16.3. The molecule has 1 amide bonds. The Morgan fingerprint density at radius 2 is 1.62 bits per heavy atom. The van der Waals surface area contributed by atoms with Crippen molar-refractivity contribution in [2.75, 3.05) is 4.90 Å². The number of halogens is 1. The molecule has 2 heterocycles. The highest BCUT2D eigenvalue weighted by molar-refractivity contribution is 8.19. The number of hydrogen-bond donors (Lipinski definition) is 0. The number of thioether (sulfide) groups is 1. The van der Waals surface area contributed by atoms with Gasteiger partial charge >= 0.3 is 0 Å². The van der Waals surface area contributed by atoms with Crippen LogP contribution in [-0.4, -0.2) is 11.1 Å². The van der Waals surface area contributed by atoms with Crippen LogP contribution in [0.3, 0.4) is 0 Å². The van der Waals surface area contributed by atoms with Crippen molar-refractivity contribution in [3.8, 4) is 11.3 Å². The van der Waals surface area contributed by atoms with E-state index in [-0.39, 0.29) is 11.7 Å². The van der Waals surface area contributed by atoms with Gasteiger partial charge in [0.2, 0.25) is 0 Å². The lowest BCUT2D eigenvalue weighted by molar-refractivity contribution is -0.113. The lowest BCUT2D eigenvalue weighted by atomic mass is 10.2. The van der Waals surface area contributed by atoms with E-state index in [1.165, 1.54) is 23.9 Å². The van der Waals surface area contributed by atoms with Gasteiger partial charge in [-0.15, -0.1) is 0 Å². The second-order valence-corrected chi connectivity index (χ2v) is 8.04. The summed E-state index contributed by atoms with van der Waals surface area (Å²) in [5, 5.41) is 0.565. The molecule has 0 bridgehead atoms. The van der Waals surface area contributed by atoms with E-state index in [9.17, 15) is 9.18 Å². The minimum Gasteiger partial charge on any atom is -0.457 e. The first-order chi connectivity index (χ1) is 15.7. The summed E-state index contributed by atoms with van der Waals surface area (Å²) >= 11 is 1.29. The van der Waals surface area contributed by atoms with Crippen LogP contribution in [0.25, 0.3) is 17.4 Å². The quantitative estimate of drug-likeness (QED) is 0.325. The van der Waals surface area contributed by atoms with Crippen molar-refractivity contribution >= 4 is 40.3 Å². The molecule has 0 unspecified atom stereocenters. The SMILES string of the molecule is O=C1/C(=C/c2ccc(-c3cccc(F)c3)o2)SC(=Nc2ccccc2)N1c1ccccc1. The zero-order valence-electron chi connectivity index (χ0n) is 16.8. The Morgan fingerprint density at radius 1 is 0.875 bits per heavy atom. The first-order valence-corrected chi connectivity index (χ1v) is 10.8. The monoisotopic (exact) mass is 440 g/mol. The third-order valence-electron chi connectivity index (χ3n) is 4.81. The number of benzene rings is 3. The van der Waals surface area contributed by atoms with Crippen LogP contribution < -0.4 is 4.90 Å². The minimum absolute atomic E-state index is 0.181. The molecular weight excluding hydrogens is 423 g/mol. The second kappa shape index (κ2) is 8.69. The Balaban J connectivity index is 1.50. The molecule has 32 heavy (non-hydrogen) atoms. The van der Waals surface area contributed by atoms with E-state index in [1.54, 1.807) is 35.2 Å². The maximum absolute atomic E-state index is 13.5. The number of amides is 1. The van der Waals surface area contributed by atoms with Gasteiger partial charge in [0.1, 0.15) is 17.3 Å². The lowest BCUT2D eigenvalue weighted by Gasteiger charge is -2.15. The molecule has 3 aromatic carbocycles. The van der Waals surface area contributed by atoms with Gasteiger partial charge < -0.3 is 4.42 Å². The third kappa shape index (κ3) is 4.13. The van der Waals surface area contributed by atoms with Crippen molar-refractivity contribution in [1.29, 1.82) is 0 Å². The number of aliphatic imine (C=N–C) groups is 1. The largest absolute Gasteiger partial charge is 0.457 e. The molecule has 0 saturated carbocycles. The highest BCUT2D eigenvalue weighted by Crippen LogP contribution is 2.37. The number of carbonyl (C=O) groups excluding carboxylic acids is 1. The number of nitrogens with zero attached hydrogens (tertiary/aromatic N) is 2. The van der Waals surface area contributed by atoms with Crippen molar-refractivity contribution in [1.82, 2.24) is 0 Å². The number of furan rings is 1. The van der Waals surface area contributed by atoms with Gasteiger partial charge in [0.25, 0.3) is 5.91 Å². The maximum Gasteiger partial charge on any atom is 0.271 e. The third-order valence-corrected chi connectivity index (χ3v) is 5.78. The topological polar surface area (TPSA) is 45.8 Å². The molecule has 1 fully saturated rings. The van der Waals surface area contributed by atoms with Crippen molar-refractivity contribution in [3.05, 3.63) is 114 Å². The Hall–Kier alpha value is -3.90. The van der Waals surface area contributed by atoms with Crippen LogP contribution in [0.1, 0.15) is 5.76 Å². The number of amidine groups is 1. The number of anilines is 1. The van der Waals surface area contributed by atoms with E-state index in [0.717, 1.165) is 11.4 Å². The zero-order chi connectivity index (χ0) is 21.9. The molecule has 0 aliphatic carbocycles. The fourth-order valence-corrected chi connectivity index (χ4v) is 4.30. The summed E-state index contributed by atoms with van der Waals surface area (Å²) in [6.07, 6.45) is 1.69. The fraction of sp³-hybridized carbons (Fsp3) is 0. The van der Waals surface area contributed by atoms with Crippen LogP contribution in [0, 0.1) is 5.82 Å². The van der Waals surface area contributed by atoms with Crippen molar-refractivity contribution in [3.63, 3.8) is 0 Å². The molecule has 0 spiro atoms. The number of para-hydroxylation sites is 2. The number of carbonyl (C=O) groups is 1. The molecule has 0 radical (unpaired) electrons. The Kier molecular flexibility index (Phi) is 5.44. The van der Waals surface area contributed by atoms with Crippen LogP contribution in [0.5, 0.6) is 0 Å². The molecule has 1 aliphatic rings. The Labute approximate surface area is 188 Å². The van der Waals surface area contributed by atoms with Crippen LogP contribution in [0.15, 0.2) is 111 Å². The van der Waals surface area contributed by atoms with E-state index >= 15 is 0 Å². The molecule has 5 rings (SSSR count). The number of hydrogen-bond acceptors (Lipinski definition) is 4. The Bertz CT molecular complexity index is 1330. The molecule has 156 valence electrons. The first kappa shape index (κ1) is 20.0. The first-order valence-electron chi connectivity index (χ1n) is 9.96. The summed E-state index contributed by atoms with van der Waals surface area (Å²) in [5.41, 5.74) is 2.14. The molecule has 1 saturated heterocycles. The summed E-state index contributed by atoms with van der Waals surface area (Å²) in [4.78, 5) is 20.1. The van der Waals surface area contributed by atoms with E-state index in [2.05, 4.69) is 0 Å². The van der Waals surface area contributed by atoms with E-state index in [0.29, 0.717) is 27.2 Å². The van der Waals surface area contributed by atoms with Gasteiger partial charge in [-0.05, 0) is 60.3 Å². The summed E-state index contributed by atoms with van der Waals surface area (Å²) in [5.74, 6) is 0.527. The highest BCUT2D eigenvalue weighted by Gasteiger charge is 2.35. The van der Waals surface area contributed by atoms with Crippen molar-refractivity contribution in [2.24, 2.45) is 4.99 Å². The molecular formula is C26H17FN2O2S. The van der Waals surface area contributed by atoms with Crippen LogP contribution in [0.2, 0.25) is 0 Å². The van der Waals surface area contributed by atoms with Gasteiger partial charge in [-0.1, -0.05) is 48.5 Å². The standard InChI is InChI=1S/C26H17FN2O2S/c27-19-9-7-8-18(16-19)23-15-14-22(31-23)17-24-25(30)29(21-12-5-2-6-13-21)26(32-24)28-20-10-3-1-4-11-20/h1-17H/b24-17-,28-26?. The van der Waals surface area contributed by atoms with Crippen LogP contribution in [-0.2, 0) is 4.79 Å². The molecule has 1 aromatic heterocycles. The van der Waals surface area contributed by atoms with Crippen molar-refractivity contribution in [2.45, 2.75) is 0 Å². The molecule has 0 atom stereocenters. The average Bonchev–Trinajstić information content (AvgIpc) is 3.40. The molecule has 4 nitrogen and oxygen atoms in total. The van der Waals surface area contributed by atoms with Gasteiger partial charge in [0.15, 0.2) is 5.17 Å². The molecule has 0 N–H and O–H groups in total. The van der Waals surface area contributed by atoms with E-state index in [1.807, 2.05) is 60.7 Å². The Morgan fingerprint density at radius 3 is 2.38 bits per heavy atom. The van der Waals surface area contributed by atoms with Crippen LogP contribution in [0.4, 0.5) is 15.8 Å². The fourth-order valence-electron chi connectivity index (χ4n) is 3.32. The van der Waals surface area contributed by atoms with Gasteiger partial charge in [-0.2, -0.15) is 0 Å². The van der Waals surface area contributed by atoms with Gasteiger partial charge in [0, 0.05) is 11.6 Å². The van der Waals surface area contributed by atoms with E-state index < -0.39 is 0 Å². The average molecular weight is 440 g/mol. The molecule has 6 heteroatoms. The maximum atomic E-state index is 13.5. The van der Waals surface area contributed by atoms with Crippen LogP contribution >= 0.6 is 11.8 Å². The van der Waals surface area contributed by atoms with Gasteiger partial charge in [0.05, 0.1) is 16.3 Å². The van der Waals surface area contributed by atoms with E-state index in [4.69, 9.17) is 9.41 Å². The smallest absolute Gasteiger partial charge is 0.271 e. The second-order valence-electron chi connectivity index (χ2n) is 7.03. The minimum atomic E-state index is -0.333. The van der Waals surface area contributed by atoms with Gasteiger partial charge in [-0.25, -0.2) is 9.38 Å². The lowest BCUT2D eigenvalue weighted by Crippen LogP contribution is -2.28. The predicted molar refractivity (Wildman–Crippen MR) is 127 cm³/mol. The summed E-state index contributed by atoms with van der Waals surface area (Å²) in [6.45, 7) is 0.